The molecule has 4 N–H and O–H groups in total. The van der Waals surface area contributed by atoms with Gasteiger partial charge in [-0.3, -0.25) is 22.7 Å². The van der Waals surface area contributed by atoms with E-state index in [0.717, 1.165) is 0 Å². The predicted molar refractivity (Wildman–Crippen MR) is 158 cm³/mol. The Bertz CT molecular complexity index is 1150. The van der Waals surface area contributed by atoms with Crippen LogP contribution in [0.3, 0.4) is 0 Å². The Labute approximate surface area is 258 Å². The maximum atomic E-state index is 13.2. The molecule has 0 amide bonds. The van der Waals surface area contributed by atoms with Crippen LogP contribution in [0.15, 0.2) is 0 Å². The van der Waals surface area contributed by atoms with Crippen molar-refractivity contribution in [2.45, 2.75) is 134 Å². The second-order valence-corrected chi connectivity index (χ2v) is 20.3. The highest BCUT2D eigenvalue weighted by molar-refractivity contribution is 7.54. The number of rotatable bonds is 16. The van der Waals surface area contributed by atoms with E-state index < -0.39 is 97.4 Å². The average Bonchev–Trinajstić information content (AvgIpc) is 3.50. The molecule has 0 aromatic rings. The van der Waals surface area contributed by atoms with Crippen molar-refractivity contribution >= 4 is 30.6 Å². The maximum Gasteiger partial charge on any atom is 0.472 e. The lowest BCUT2D eigenvalue weighted by atomic mass is 10.1. The minimum Gasteiger partial charge on any atom is -0.372 e. The summed E-state index contributed by atoms with van der Waals surface area (Å²) in [5.41, 5.74) is -1.33. The van der Waals surface area contributed by atoms with E-state index in [4.69, 9.17) is 36.8 Å². The third kappa shape index (κ3) is 11.3. The quantitative estimate of drug-likeness (QED) is 0.164. The first-order valence-electron chi connectivity index (χ1n) is 14.7. The maximum absolute atomic E-state index is 13.2. The minimum absolute atomic E-state index is 0.181. The molecule has 44 heavy (non-hydrogen) atoms. The largest absolute Gasteiger partial charge is 0.472 e. The lowest BCUT2D eigenvalue weighted by Gasteiger charge is -2.27. The van der Waals surface area contributed by atoms with Crippen molar-refractivity contribution in [1.82, 2.24) is 0 Å². The summed E-state index contributed by atoms with van der Waals surface area (Å²) < 4.78 is 94.3. The molecule has 0 saturated carbocycles. The van der Waals surface area contributed by atoms with Crippen LogP contribution in [0.25, 0.3) is 0 Å². The number of ether oxygens (including phenoxy) is 3. The fraction of sp³-hybridized carbons (Fsp3) is 1.00. The van der Waals surface area contributed by atoms with Crippen LogP contribution in [-0.2, 0) is 55.1 Å². The van der Waals surface area contributed by atoms with Gasteiger partial charge in [-0.1, -0.05) is 27.7 Å². The van der Waals surface area contributed by atoms with Crippen LogP contribution < -0.4 is 0 Å². The van der Waals surface area contributed by atoms with Gasteiger partial charge in [0, 0.05) is 19.3 Å². The predicted octanol–water partition coefficient (Wildman–Crippen LogP) is 4.18. The van der Waals surface area contributed by atoms with Crippen molar-refractivity contribution in [3.63, 3.8) is 0 Å². The van der Waals surface area contributed by atoms with Gasteiger partial charge in [-0.2, -0.15) is 0 Å². The number of hydrogen-bond donors (Lipinski definition) is 4. The molecule has 3 aliphatic rings. The van der Waals surface area contributed by atoms with E-state index in [1.165, 1.54) is 27.7 Å². The monoisotopic (exact) mass is 716 g/mol. The number of phosphoric ester groups is 1. The highest BCUT2D eigenvalue weighted by atomic mass is 31.2. The SMILES string of the molecule is CC(C)P(=O)(O)OC[C@H]1O[C@@H](C)C[C@@H]1OP(=O)(O)OC[C@H]1O[C@@H](C)C[C@@H]1OP(=O)(O)C[C@H]1O[C@@H](C)C[C@@H]1OP(=O)(O)C(C)C. The summed E-state index contributed by atoms with van der Waals surface area (Å²) in [7, 11) is -17.0. The van der Waals surface area contributed by atoms with Gasteiger partial charge in [-0.25, -0.2) is 4.57 Å². The Morgan fingerprint density at radius 2 is 1.02 bits per heavy atom. The number of hydrogen-bond acceptors (Lipinski definition) is 12. The fourth-order valence-corrected chi connectivity index (χ4v) is 9.02. The first kappa shape index (κ1) is 38.9. The first-order chi connectivity index (χ1) is 20.1. The van der Waals surface area contributed by atoms with Gasteiger partial charge in [0.25, 0.3) is 0 Å². The molecular formula is C24H48O16P4. The Balaban J connectivity index is 1.58. The number of phosphoric acid groups is 1. The van der Waals surface area contributed by atoms with Gasteiger partial charge in [0.1, 0.15) is 18.3 Å². The average molecular weight is 717 g/mol. The van der Waals surface area contributed by atoms with Gasteiger partial charge < -0.3 is 47.4 Å². The van der Waals surface area contributed by atoms with Crippen molar-refractivity contribution in [1.29, 1.82) is 0 Å². The molecule has 0 aromatic carbocycles. The Morgan fingerprint density at radius 3 is 1.50 bits per heavy atom. The molecule has 0 spiro atoms. The summed E-state index contributed by atoms with van der Waals surface area (Å²) in [6.07, 6.45) is -6.83. The zero-order valence-electron chi connectivity index (χ0n) is 26.1. The molecule has 3 rings (SSSR count). The molecule has 4 unspecified atom stereocenters. The minimum atomic E-state index is -4.73. The summed E-state index contributed by atoms with van der Waals surface area (Å²) in [5, 5.41) is 0. The molecule has 3 saturated heterocycles. The van der Waals surface area contributed by atoms with Crippen molar-refractivity contribution in [3.05, 3.63) is 0 Å². The molecule has 3 heterocycles. The fourth-order valence-electron chi connectivity index (χ4n) is 5.04. The third-order valence-corrected chi connectivity index (χ3v) is 13.7. The zero-order chi connectivity index (χ0) is 33.3. The van der Waals surface area contributed by atoms with E-state index in [9.17, 15) is 37.8 Å². The van der Waals surface area contributed by atoms with Crippen molar-refractivity contribution in [2.75, 3.05) is 19.4 Å². The molecule has 0 aromatic heterocycles. The lowest BCUT2D eigenvalue weighted by molar-refractivity contribution is -0.0317. The molecule has 0 aliphatic carbocycles. The molecule has 0 bridgehead atoms. The summed E-state index contributed by atoms with van der Waals surface area (Å²) in [6, 6.07) is 0. The van der Waals surface area contributed by atoms with Crippen molar-refractivity contribution in [3.8, 4) is 0 Å². The van der Waals surface area contributed by atoms with Crippen LogP contribution in [0.5, 0.6) is 0 Å². The van der Waals surface area contributed by atoms with Gasteiger partial charge in [-0.15, -0.1) is 0 Å². The van der Waals surface area contributed by atoms with Crippen LogP contribution in [0.4, 0.5) is 0 Å². The topological polar surface area (TPSA) is 223 Å². The van der Waals surface area contributed by atoms with E-state index in [2.05, 4.69) is 0 Å². The van der Waals surface area contributed by atoms with Crippen LogP contribution in [0.2, 0.25) is 0 Å². The normalized spacial score (nSPS) is 38.4. The van der Waals surface area contributed by atoms with Crippen LogP contribution in [0.1, 0.15) is 67.7 Å². The van der Waals surface area contributed by atoms with Gasteiger partial charge in [0.15, 0.2) is 0 Å². The molecule has 20 heteroatoms. The molecular weight excluding hydrogens is 668 g/mol. The van der Waals surface area contributed by atoms with E-state index in [0.29, 0.717) is 0 Å². The van der Waals surface area contributed by atoms with E-state index in [1.807, 2.05) is 0 Å². The molecule has 3 fully saturated rings. The molecule has 3 aliphatic heterocycles. The highest BCUT2D eigenvalue weighted by Crippen LogP contribution is 2.54. The van der Waals surface area contributed by atoms with Crippen LogP contribution in [-0.4, -0.2) is 105 Å². The zero-order valence-corrected chi connectivity index (χ0v) is 29.6. The molecule has 260 valence electrons. The Kier molecular flexibility index (Phi) is 13.5. The van der Waals surface area contributed by atoms with E-state index in [-0.39, 0.29) is 38.1 Å². The van der Waals surface area contributed by atoms with Crippen molar-refractivity contribution < 1.29 is 74.7 Å². The van der Waals surface area contributed by atoms with E-state index in [1.54, 1.807) is 20.8 Å². The summed E-state index contributed by atoms with van der Waals surface area (Å²) in [6.45, 7) is 10.4. The lowest BCUT2D eigenvalue weighted by Crippen LogP contribution is -2.32. The Hall–Kier alpha value is 0.440. The second kappa shape index (κ2) is 15.3. The van der Waals surface area contributed by atoms with Gasteiger partial charge in [-0.05, 0) is 20.8 Å². The summed E-state index contributed by atoms with van der Waals surface area (Å²) in [4.78, 5) is 41.3. The van der Waals surface area contributed by atoms with Crippen LogP contribution in [0, 0.1) is 0 Å². The first-order valence-corrected chi connectivity index (χ1v) is 21.2. The molecule has 0 radical (unpaired) electrons. The smallest absolute Gasteiger partial charge is 0.372 e. The standard InChI is InChI=1S/C24H48O16P4/c1-14(2)42(27,28)33-11-22-20(9-17(6)35-22)40-44(31,32)34-12-23-19(8-16(5)36-23)38-41(25,26)13-24-21(10-18(7)37-24)39-43(29,30)15(3)4/h14-24H,8-13H2,1-7H3,(H,25,26)(H,27,28)(H,29,30)(H,31,32)/t16-,17-,18-,19-,20-,21-,22+,23+,24+/m0/s1. The molecule has 13 atom stereocenters. The Morgan fingerprint density at radius 1 is 0.614 bits per heavy atom. The highest BCUT2D eigenvalue weighted by Gasteiger charge is 2.47. The van der Waals surface area contributed by atoms with Gasteiger partial charge >= 0.3 is 30.6 Å². The van der Waals surface area contributed by atoms with E-state index >= 15 is 0 Å². The second-order valence-electron chi connectivity index (χ2n) is 12.3. The molecule has 16 nitrogen and oxygen atoms in total. The summed E-state index contributed by atoms with van der Waals surface area (Å²) in [5.74, 6) is 0. The summed E-state index contributed by atoms with van der Waals surface area (Å²) >= 11 is 0. The van der Waals surface area contributed by atoms with Crippen molar-refractivity contribution in [2.24, 2.45) is 0 Å². The van der Waals surface area contributed by atoms with Gasteiger partial charge in [0.05, 0.1) is 67.3 Å². The van der Waals surface area contributed by atoms with Gasteiger partial charge in [0.2, 0.25) is 0 Å². The van der Waals surface area contributed by atoms with Crippen LogP contribution >= 0.6 is 30.6 Å². The third-order valence-electron chi connectivity index (χ3n) is 7.55.